The summed E-state index contributed by atoms with van der Waals surface area (Å²) in [6.07, 6.45) is 5.94. The molecule has 1 fully saturated rings. The van der Waals surface area contributed by atoms with Crippen LogP contribution in [0.3, 0.4) is 0 Å². The van der Waals surface area contributed by atoms with Gasteiger partial charge in [-0.25, -0.2) is 0 Å². The molecule has 0 radical (unpaired) electrons. The van der Waals surface area contributed by atoms with Crippen molar-refractivity contribution in [3.63, 3.8) is 0 Å². The molecule has 8 heteroatoms. The third-order valence-corrected chi connectivity index (χ3v) is 5.18. The quantitative estimate of drug-likeness (QED) is 0.328. The van der Waals surface area contributed by atoms with E-state index in [4.69, 9.17) is 8.94 Å². The highest BCUT2D eigenvalue weighted by Gasteiger charge is 2.25. The molecule has 2 aromatic rings. The van der Waals surface area contributed by atoms with Gasteiger partial charge in [0.25, 0.3) is 0 Å². The molecule has 1 aliphatic heterocycles. The van der Waals surface area contributed by atoms with Gasteiger partial charge >= 0.3 is 0 Å². The monoisotopic (exact) mass is 501 g/mol. The number of halogens is 1. The first-order chi connectivity index (χ1) is 13.3. The molecule has 0 saturated carbocycles. The summed E-state index contributed by atoms with van der Waals surface area (Å²) in [5.74, 6) is 2.72. The number of aromatic nitrogens is 1. The Morgan fingerprint density at radius 3 is 2.64 bits per heavy atom. The zero-order chi connectivity index (χ0) is 19.1. The minimum atomic E-state index is 0. The van der Waals surface area contributed by atoms with Crippen molar-refractivity contribution >= 4 is 29.9 Å². The second-order valence-corrected chi connectivity index (χ2v) is 6.82. The van der Waals surface area contributed by atoms with Crippen molar-refractivity contribution in [1.82, 2.24) is 20.7 Å². The van der Waals surface area contributed by atoms with Gasteiger partial charge in [-0.05, 0) is 44.5 Å². The Morgan fingerprint density at radius 1 is 1.25 bits per heavy atom. The van der Waals surface area contributed by atoms with E-state index in [0.29, 0.717) is 6.54 Å². The van der Waals surface area contributed by atoms with Crippen LogP contribution in [0.4, 0.5) is 0 Å². The van der Waals surface area contributed by atoms with E-state index in [1.807, 2.05) is 6.07 Å². The number of aryl methyl sites for hydroxylation is 2. The highest BCUT2D eigenvalue weighted by molar-refractivity contribution is 14.0. The second-order valence-electron chi connectivity index (χ2n) is 6.82. The summed E-state index contributed by atoms with van der Waals surface area (Å²) in [5.41, 5.74) is 2.16. The average molecular weight is 501 g/mol. The molecule has 28 heavy (non-hydrogen) atoms. The van der Waals surface area contributed by atoms with Crippen LogP contribution in [0.1, 0.15) is 55.5 Å². The smallest absolute Gasteiger partial charge is 0.191 e. The van der Waals surface area contributed by atoms with Crippen LogP contribution in [-0.2, 0) is 19.4 Å². The molecule has 0 aromatic carbocycles. The first-order valence-corrected chi connectivity index (χ1v) is 9.95. The molecule has 3 heterocycles. The summed E-state index contributed by atoms with van der Waals surface area (Å²) in [6, 6.07) is 4.23. The summed E-state index contributed by atoms with van der Waals surface area (Å²) >= 11 is 0. The SMILES string of the molecule is CCc1noc(CC)c1CNC(=NC)NCC(c1ccco1)N1CCCC1.I. The average Bonchev–Trinajstić information content (AvgIpc) is 3.46. The van der Waals surface area contributed by atoms with Gasteiger partial charge in [0.1, 0.15) is 11.5 Å². The summed E-state index contributed by atoms with van der Waals surface area (Å²) in [6.45, 7) is 7.81. The normalized spacial score (nSPS) is 16.0. The van der Waals surface area contributed by atoms with Gasteiger partial charge in [0.15, 0.2) is 5.96 Å². The molecule has 0 bridgehead atoms. The van der Waals surface area contributed by atoms with Crippen molar-refractivity contribution in [3.8, 4) is 0 Å². The molecule has 2 aromatic heterocycles. The van der Waals surface area contributed by atoms with Crippen LogP contribution in [0.25, 0.3) is 0 Å². The molecule has 0 amide bonds. The number of likely N-dealkylation sites (tertiary alicyclic amines) is 1. The number of nitrogens with zero attached hydrogens (tertiary/aromatic N) is 3. The van der Waals surface area contributed by atoms with Gasteiger partial charge in [-0.1, -0.05) is 19.0 Å². The minimum absolute atomic E-state index is 0. The van der Waals surface area contributed by atoms with E-state index >= 15 is 0 Å². The van der Waals surface area contributed by atoms with Crippen LogP contribution in [0, 0.1) is 0 Å². The Kier molecular flexibility index (Phi) is 9.30. The van der Waals surface area contributed by atoms with Crippen molar-refractivity contribution in [2.45, 2.75) is 52.1 Å². The van der Waals surface area contributed by atoms with Gasteiger partial charge in [-0.15, -0.1) is 24.0 Å². The molecular weight excluding hydrogens is 469 g/mol. The van der Waals surface area contributed by atoms with Gasteiger partial charge in [-0.2, -0.15) is 0 Å². The molecular formula is C20H32IN5O2. The first kappa shape index (κ1) is 22.7. The van der Waals surface area contributed by atoms with E-state index in [-0.39, 0.29) is 30.0 Å². The van der Waals surface area contributed by atoms with E-state index in [1.165, 1.54) is 12.8 Å². The lowest BCUT2D eigenvalue weighted by Crippen LogP contribution is -2.42. The fourth-order valence-electron chi connectivity index (χ4n) is 3.67. The van der Waals surface area contributed by atoms with Crippen molar-refractivity contribution in [3.05, 3.63) is 41.2 Å². The standard InChI is InChI=1S/C20H31N5O2.HI/c1-4-16-15(18(5-2)27-24-16)13-22-20(21-3)23-14-17(19-9-8-12-26-19)25-10-6-7-11-25;/h8-9,12,17H,4-7,10-11,13-14H2,1-3H3,(H2,21,22,23);1H. The lowest BCUT2D eigenvalue weighted by molar-refractivity contribution is 0.215. The van der Waals surface area contributed by atoms with Gasteiger partial charge in [-0.3, -0.25) is 9.89 Å². The predicted octanol–water partition coefficient (Wildman–Crippen LogP) is 3.51. The van der Waals surface area contributed by atoms with Crippen LogP contribution in [0.5, 0.6) is 0 Å². The Morgan fingerprint density at radius 2 is 2.04 bits per heavy atom. The van der Waals surface area contributed by atoms with Crippen LogP contribution in [0.15, 0.2) is 32.3 Å². The Hall–Kier alpha value is -1.55. The maximum Gasteiger partial charge on any atom is 0.191 e. The molecule has 0 aliphatic carbocycles. The van der Waals surface area contributed by atoms with Gasteiger partial charge < -0.3 is 19.6 Å². The van der Waals surface area contributed by atoms with Crippen LogP contribution in [-0.4, -0.2) is 42.7 Å². The number of guanidine groups is 1. The van der Waals surface area contributed by atoms with Gasteiger partial charge in [0.2, 0.25) is 0 Å². The highest BCUT2D eigenvalue weighted by atomic mass is 127. The number of nitrogens with one attached hydrogen (secondary N) is 2. The Bertz CT molecular complexity index is 702. The van der Waals surface area contributed by atoms with E-state index in [1.54, 1.807) is 13.3 Å². The predicted molar refractivity (Wildman–Crippen MR) is 121 cm³/mol. The maximum atomic E-state index is 5.69. The van der Waals surface area contributed by atoms with Crippen molar-refractivity contribution in [1.29, 1.82) is 0 Å². The van der Waals surface area contributed by atoms with Crippen molar-refractivity contribution < 1.29 is 8.94 Å². The summed E-state index contributed by atoms with van der Waals surface area (Å²) in [7, 11) is 1.79. The van der Waals surface area contributed by atoms with Crippen molar-refractivity contribution in [2.24, 2.45) is 4.99 Å². The van der Waals surface area contributed by atoms with E-state index < -0.39 is 0 Å². The molecule has 1 unspecified atom stereocenters. The zero-order valence-electron chi connectivity index (χ0n) is 17.0. The largest absolute Gasteiger partial charge is 0.468 e. The number of hydrogen-bond acceptors (Lipinski definition) is 5. The Labute approximate surface area is 184 Å². The van der Waals surface area contributed by atoms with Crippen LogP contribution in [0.2, 0.25) is 0 Å². The fourth-order valence-corrected chi connectivity index (χ4v) is 3.67. The van der Waals surface area contributed by atoms with Gasteiger partial charge in [0.05, 0.1) is 18.0 Å². The second kappa shape index (κ2) is 11.5. The lowest BCUT2D eigenvalue weighted by Gasteiger charge is -2.26. The van der Waals surface area contributed by atoms with Crippen molar-refractivity contribution in [2.75, 3.05) is 26.7 Å². The number of aliphatic imine (C=N–C) groups is 1. The van der Waals surface area contributed by atoms with Gasteiger partial charge in [0, 0.05) is 32.1 Å². The lowest BCUT2D eigenvalue weighted by atomic mass is 10.1. The molecule has 7 nitrogen and oxygen atoms in total. The molecule has 2 N–H and O–H groups in total. The van der Waals surface area contributed by atoms with E-state index in [2.05, 4.69) is 45.6 Å². The summed E-state index contributed by atoms with van der Waals surface area (Å²) in [5, 5.41) is 11.0. The van der Waals surface area contributed by atoms with Crippen LogP contribution < -0.4 is 10.6 Å². The topological polar surface area (TPSA) is 78.8 Å². The number of hydrogen-bond donors (Lipinski definition) is 2. The molecule has 1 atom stereocenters. The third kappa shape index (κ3) is 5.50. The Balaban J connectivity index is 0.00000280. The minimum Gasteiger partial charge on any atom is -0.468 e. The summed E-state index contributed by atoms with van der Waals surface area (Å²) in [4.78, 5) is 6.85. The molecule has 3 rings (SSSR count). The molecule has 156 valence electrons. The first-order valence-electron chi connectivity index (χ1n) is 9.95. The molecule has 1 saturated heterocycles. The molecule has 0 spiro atoms. The van der Waals surface area contributed by atoms with E-state index in [0.717, 1.165) is 61.2 Å². The zero-order valence-corrected chi connectivity index (χ0v) is 19.4. The van der Waals surface area contributed by atoms with E-state index in [9.17, 15) is 0 Å². The fraction of sp³-hybridized carbons (Fsp3) is 0.600. The van der Waals surface area contributed by atoms with Crippen LogP contribution >= 0.6 is 24.0 Å². The number of rotatable bonds is 8. The number of furan rings is 1. The molecule has 1 aliphatic rings. The highest BCUT2D eigenvalue weighted by Crippen LogP contribution is 2.24. The third-order valence-electron chi connectivity index (χ3n) is 5.18. The summed E-state index contributed by atoms with van der Waals surface area (Å²) < 4.78 is 11.1. The maximum absolute atomic E-state index is 5.69.